The Morgan fingerprint density at radius 2 is 1.96 bits per heavy atom. The monoisotopic (exact) mass is 334 g/mol. The molecule has 0 unspecified atom stereocenters. The molecule has 3 heteroatoms. The van der Waals surface area contributed by atoms with Crippen molar-refractivity contribution in [2.75, 3.05) is 7.11 Å². The lowest BCUT2D eigenvalue weighted by molar-refractivity contribution is -0.156. The fourth-order valence-corrected chi connectivity index (χ4v) is 5.67. The molecule has 136 valence electrons. The van der Waals surface area contributed by atoms with E-state index in [1.54, 1.807) is 11.1 Å². The van der Waals surface area contributed by atoms with Crippen LogP contribution in [0.4, 0.5) is 0 Å². The Balaban J connectivity index is 2.00. The molecule has 0 aromatic heterocycles. The second-order valence-corrected chi connectivity index (χ2v) is 9.43. The van der Waals surface area contributed by atoms with Crippen LogP contribution in [0.1, 0.15) is 79.6 Å². The van der Waals surface area contributed by atoms with Crippen LogP contribution in [0.2, 0.25) is 0 Å². The van der Waals surface area contributed by atoms with Crippen LogP contribution in [0.15, 0.2) is 11.1 Å². The Kier molecular flexibility index (Phi) is 4.39. The highest BCUT2D eigenvalue weighted by molar-refractivity contribution is 5.70. The van der Waals surface area contributed by atoms with Gasteiger partial charge in [0.2, 0.25) is 0 Å². The third-order valence-corrected chi connectivity index (χ3v) is 7.22. The molecule has 1 fully saturated rings. The van der Waals surface area contributed by atoms with Crippen molar-refractivity contribution in [3.05, 3.63) is 11.1 Å². The number of carbonyl (C=O) groups is 1. The molecule has 1 saturated heterocycles. The third kappa shape index (κ3) is 2.83. The first-order chi connectivity index (χ1) is 11.1. The molecule has 1 aliphatic heterocycles. The van der Waals surface area contributed by atoms with Crippen molar-refractivity contribution in [3.8, 4) is 0 Å². The summed E-state index contributed by atoms with van der Waals surface area (Å²) in [7, 11) is 1.47. The predicted molar refractivity (Wildman–Crippen MR) is 95.7 cm³/mol. The van der Waals surface area contributed by atoms with Gasteiger partial charge in [-0.15, -0.1) is 0 Å². The summed E-state index contributed by atoms with van der Waals surface area (Å²) in [5.74, 6) is 0.783. The highest BCUT2D eigenvalue weighted by Crippen LogP contribution is 2.58. The number of rotatable bonds is 2. The van der Waals surface area contributed by atoms with Gasteiger partial charge in [0, 0.05) is 5.92 Å². The smallest absolute Gasteiger partial charge is 0.308 e. The molecule has 0 saturated carbocycles. The summed E-state index contributed by atoms with van der Waals surface area (Å²) in [6.45, 7) is 11.6. The highest BCUT2D eigenvalue weighted by atomic mass is 16.5. The molecule has 0 bridgehead atoms. The summed E-state index contributed by atoms with van der Waals surface area (Å²) >= 11 is 0. The molecule has 0 aromatic rings. The van der Waals surface area contributed by atoms with Crippen molar-refractivity contribution in [2.24, 2.45) is 17.3 Å². The molecule has 3 nitrogen and oxygen atoms in total. The van der Waals surface area contributed by atoms with Gasteiger partial charge in [0.05, 0.1) is 24.7 Å². The second kappa shape index (κ2) is 5.86. The lowest BCUT2D eigenvalue weighted by Crippen LogP contribution is -2.41. The summed E-state index contributed by atoms with van der Waals surface area (Å²) in [5, 5.41) is 0. The largest absolute Gasteiger partial charge is 0.469 e. The van der Waals surface area contributed by atoms with Crippen LogP contribution in [0.5, 0.6) is 0 Å². The molecule has 0 spiro atoms. The summed E-state index contributed by atoms with van der Waals surface area (Å²) in [5.41, 5.74) is 3.11. The van der Waals surface area contributed by atoms with E-state index < -0.39 is 5.60 Å². The number of fused-ring (bicyclic) bond motifs is 2. The van der Waals surface area contributed by atoms with E-state index in [0.29, 0.717) is 23.7 Å². The molecule has 1 heterocycles. The summed E-state index contributed by atoms with van der Waals surface area (Å²) in [6.07, 6.45) is 7.48. The van der Waals surface area contributed by atoms with Crippen LogP contribution >= 0.6 is 0 Å². The van der Waals surface area contributed by atoms with E-state index >= 15 is 0 Å². The van der Waals surface area contributed by atoms with Crippen LogP contribution in [0.3, 0.4) is 0 Å². The van der Waals surface area contributed by atoms with Gasteiger partial charge >= 0.3 is 5.97 Å². The Bertz CT molecular complexity index is 561. The number of carbonyl (C=O) groups excluding carboxylic acids is 1. The van der Waals surface area contributed by atoms with Gasteiger partial charge in [-0.1, -0.05) is 31.9 Å². The lowest BCUT2D eigenvalue weighted by atomic mass is 9.66. The van der Waals surface area contributed by atoms with Crippen molar-refractivity contribution in [2.45, 2.75) is 90.8 Å². The second-order valence-electron chi connectivity index (χ2n) is 9.43. The predicted octanol–water partition coefficient (Wildman–Crippen LogP) is 5.04. The Hall–Kier alpha value is -0.830. The topological polar surface area (TPSA) is 35.5 Å². The summed E-state index contributed by atoms with van der Waals surface area (Å²) < 4.78 is 11.6. The first-order valence-corrected chi connectivity index (χ1v) is 9.61. The number of ether oxygens (including phenoxy) is 2. The average Bonchev–Trinajstić information content (AvgIpc) is 2.71. The van der Waals surface area contributed by atoms with Crippen molar-refractivity contribution < 1.29 is 14.3 Å². The fourth-order valence-electron chi connectivity index (χ4n) is 5.67. The van der Waals surface area contributed by atoms with Crippen LogP contribution in [0.25, 0.3) is 0 Å². The quantitative estimate of drug-likeness (QED) is 0.524. The van der Waals surface area contributed by atoms with Gasteiger partial charge in [0.1, 0.15) is 0 Å². The van der Waals surface area contributed by atoms with E-state index in [2.05, 4.69) is 34.6 Å². The first kappa shape index (κ1) is 18.0. The van der Waals surface area contributed by atoms with Gasteiger partial charge < -0.3 is 9.47 Å². The normalized spacial score (nSPS) is 41.4. The number of allylic oxidation sites excluding steroid dienone is 1. The van der Waals surface area contributed by atoms with Crippen molar-refractivity contribution in [3.63, 3.8) is 0 Å². The standard InChI is InChI=1S/C21H34O3/c1-14-9-10-16-15(8-7-11-19(16,2)3)17-12-20(4,13-18(22)23-6)24-21(14,17)5/h14,17H,7-13H2,1-6H3/t14-,17+,20+,21+/m1/s1. The molecule has 0 radical (unpaired) electrons. The van der Waals surface area contributed by atoms with Crippen LogP contribution in [-0.4, -0.2) is 24.3 Å². The number of esters is 1. The molecule has 3 rings (SSSR count). The SMILES string of the molecule is COC(=O)C[C@]1(C)C[C@H]2C3=C(CC[C@@H](C)[C@]2(C)O1)C(C)(C)CCC3. The summed E-state index contributed by atoms with van der Waals surface area (Å²) in [6, 6.07) is 0. The van der Waals surface area contributed by atoms with Crippen molar-refractivity contribution in [1.82, 2.24) is 0 Å². The van der Waals surface area contributed by atoms with E-state index in [9.17, 15) is 4.79 Å². The minimum Gasteiger partial charge on any atom is -0.469 e. The first-order valence-electron chi connectivity index (χ1n) is 9.61. The van der Waals surface area contributed by atoms with E-state index in [4.69, 9.17) is 9.47 Å². The molecular formula is C21H34O3. The molecule has 24 heavy (non-hydrogen) atoms. The highest BCUT2D eigenvalue weighted by Gasteiger charge is 2.57. The minimum absolute atomic E-state index is 0.159. The van der Waals surface area contributed by atoms with E-state index in [1.807, 2.05) is 0 Å². The van der Waals surface area contributed by atoms with Gasteiger partial charge in [-0.3, -0.25) is 4.79 Å². The van der Waals surface area contributed by atoms with Crippen molar-refractivity contribution in [1.29, 1.82) is 0 Å². The van der Waals surface area contributed by atoms with Gasteiger partial charge in [-0.25, -0.2) is 0 Å². The lowest BCUT2D eigenvalue weighted by Gasteiger charge is -2.39. The van der Waals surface area contributed by atoms with Crippen LogP contribution in [0, 0.1) is 17.3 Å². The maximum absolute atomic E-state index is 11.9. The van der Waals surface area contributed by atoms with E-state index in [0.717, 1.165) is 6.42 Å². The zero-order chi connectivity index (χ0) is 17.8. The molecule has 2 aliphatic carbocycles. The number of hydrogen-bond acceptors (Lipinski definition) is 3. The molecule has 4 atom stereocenters. The van der Waals surface area contributed by atoms with Crippen LogP contribution < -0.4 is 0 Å². The maximum Gasteiger partial charge on any atom is 0.308 e. The van der Waals surface area contributed by atoms with Crippen molar-refractivity contribution >= 4 is 5.97 Å². The third-order valence-electron chi connectivity index (χ3n) is 7.22. The fraction of sp³-hybridized carbons (Fsp3) is 0.857. The van der Waals surface area contributed by atoms with Gasteiger partial charge in [0.15, 0.2) is 0 Å². The Labute approximate surface area is 147 Å². The van der Waals surface area contributed by atoms with Gasteiger partial charge in [0.25, 0.3) is 0 Å². The number of hydrogen-bond donors (Lipinski definition) is 0. The zero-order valence-electron chi connectivity index (χ0n) is 16.3. The summed E-state index contributed by atoms with van der Waals surface area (Å²) in [4.78, 5) is 11.9. The number of methoxy groups -OCH3 is 1. The average molecular weight is 335 g/mol. The zero-order valence-corrected chi connectivity index (χ0v) is 16.3. The van der Waals surface area contributed by atoms with Crippen LogP contribution in [-0.2, 0) is 14.3 Å². The molecule has 0 N–H and O–H groups in total. The van der Waals surface area contributed by atoms with Gasteiger partial charge in [-0.2, -0.15) is 0 Å². The molecular weight excluding hydrogens is 300 g/mol. The Morgan fingerprint density at radius 3 is 2.62 bits per heavy atom. The Morgan fingerprint density at radius 1 is 1.25 bits per heavy atom. The molecule has 0 amide bonds. The minimum atomic E-state index is -0.405. The van der Waals surface area contributed by atoms with E-state index in [-0.39, 0.29) is 11.6 Å². The van der Waals surface area contributed by atoms with Gasteiger partial charge in [-0.05, 0) is 63.7 Å². The van der Waals surface area contributed by atoms with E-state index in [1.165, 1.54) is 39.2 Å². The molecule has 0 aromatic carbocycles. The molecule has 3 aliphatic rings. The maximum atomic E-state index is 11.9.